The average molecular weight is 373 g/mol. The highest BCUT2D eigenvalue weighted by Crippen LogP contribution is 2.42. The molecule has 27 heavy (non-hydrogen) atoms. The summed E-state index contributed by atoms with van der Waals surface area (Å²) in [7, 11) is 0. The molecule has 0 aromatic heterocycles. The minimum Gasteiger partial charge on any atom is -0.481 e. The highest BCUT2D eigenvalue weighted by molar-refractivity contribution is 5.66. The number of unbranched alkanes of at least 4 members (excludes halogenated alkanes) is 3. The van der Waals surface area contributed by atoms with Crippen molar-refractivity contribution in [3.8, 4) is 0 Å². The van der Waals surface area contributed by atoms with Crippen LogP contribution in [0.2, 0.25) is 0 Å². The van der Waals surface area contributed by atoms with Crippen molar-refractivity contribution in [1.29, 1.82) is 0 Å². The second kappa shape index (κ2) is 12.0. The molecule has 0 aliphatic heterocycles. The number of carbonyl (C=O) groups is 1. The number of hydrogen-bond acceptors (Lipinski definition) is 2. The quantitative estimate of drug-likeness (QED) is 0.330. The lowest BCUT2D eigenvalue weighted by atomic mass is 9.86. The molecule has 3 atom stereocenters. The van der Waals surface area contributed by atoms with Crippen molar-refractivity contribution >= 4 is 5.97 Å². The molecule has 0 radical (unpaired) electrons. The van der Waals surface area contributed by atoms with E-state index in [1.807, 2.05) is 0 Å². The summed E-state index contributed by atoms with van der Waals surface area (Å²) in [5, 5.41) is 19.0. The summed E-state index contributed by atoms with van der Waals surface area (Å²) in [5.74, 6) is 0.583. The summed E-state index contributed by atoms with van der Waals surface area (Å²) in [6, 6.07) is 8.67. The summed E-state index contributed by atoms with van der Waals surface area (Å²) in [6.45, 7) is 2.18. The lowest BCUT2D eigenvalue weighted by molar-refractivity contribution is -0.137. The third-order valence-corrected chi connectivity index (χ3v) is 5.86. The fraction of sp³-hybridized carbons (Fsp3) is 0.625. The molecule has 3 heteroatoms. The number of carboxylic acid groups (broad SMARTS) is 1. The molecule has 0 amide bonds. The smallest absolute Gasteiger partial charge is 0.303 e. The van der Waals surface area contributed by atoms with E-state index in [0.717, 1.165) is 37.7 Å². The molecule has 2 rings (SSSR count). The highest BCUT2D eigenvalue weighted by Gasteiger charge is 2.27. The molecule has 150 valence electrons. The first-order chi connectivity index (χ1) is 13.1. The monoisotopic (exact) mass is 372 g/mol. The fourth-order valence-electron chi connectivity index (χ4n) is 4.24. The van der Waals surface area contributed by atoms with E-state index in [9.17, 15) is 9.90 Å². The number of allylic oxidation sites excluding steroid dienone is 2. The van der Waals surface area contributed by atoms with Gasteiger partial charge in [0, 0.05) is 6.42 Å². The largest absolute Gasteiger partial charge is 0.481 e. The Hall–Kier alpha value is -1.61. The molecule has 0 heterocycles. The van der Waals surface area contributed by atoms with Gasteiger partial charge >= 0.3 is 5.97 Å². The van der Waals surface area contributed by atoms with Crippen LogP contribution in [0.3, 0.4) is 0 Å². The first-order valence-corrected chi connectivity index (χ1v) is 10.8. The molecule has 1 fully saturated rings. The minimum atomic E-state index is -0.710. The van der Waals surface area contributed by atoms with Gasteiger partial charge in [-0.25, -0.2) is 0 Å². The Bertz CT molecular complexity index is 576. The van der Waals surface area contributed by atoms with E-state index in [2.05, 4.69) is 43.3 Å². The summed E-state index contributed by atoms with van der Waals surface area (Å²) < 4.78 is 0. The number of aliphatic hydroxyl groups is 1. The lowest BCUT2D eigenvalue weighted by Gasteiger charge is -2.20. The number of aliphatic hydroxyl groups excluding tert-OH is 1. The summed E-state index contributed by atoms with van der Waals surface area (Å²) in [5.41, 5.74) is 2.45. The van der Waals surface area contributed by atoms with E-state index < -0.39 is 5.97 Å². The summed E-state index contributed by atoms with van der Waals surface area (Å²) in [4.78, 5) is 10.5. The van der Waals surface area contributed by atoms with Gasteiger partial charge in [-0.3, -0.25) is 4.79 Å². The van der Waals surface area contributed by atoms with Gasteiger partial charge in [0.15, 0.2) is 0 Å². The van der Waals surface area contributed by atoms with Gasteiger partial charge < -0.3 is 10.2 Å². The van der Waals surface area contributed by atoms with Crippen LogP contribution in [0.1, 0.15) is 101 Å². The van der Waals surface area contributed by atoms with E-state index in [1.165, 1.54) is 37.7 Å². The van der Waals surface area contributed by atoms with Crippen LogP contribution in [0, 0.1) is 5.92 Å². The van der Waals surface area contributed by atoms with Crippen molar-refractivity contribution in [2.75, 3.05) is 0 Å². The lowest BCUT2D eigenvalue weighted by Crippen LogP contribution is -2.06. The maximum absolute atomic E-state index is 10.5. The van der Waals surface area contributed by atoms with E-state index in [0.29, 0.717) is 11.8 Å². The number of hydrogen-bond donors (Lipinski definition) is 2. The normalized spacial score (nSPS) is 21.0. The molecule has 1 aromatic carbocycles. The molecule has 1 aliphatic rings. The van der Waals surface area contributed by atoms with Crippen molar-refractivity contribution in [1.82, 2.24) is 0 Å². The third-order valence-electron chi connectivity index (χ3n) is 5.86. The SMILES string of the molecule is CCCCCC(O)c1ccc(C2CCCC2C/C=C\CCCC(=O)O)cc1. The Morgan fingerprint density at radius 3 is 2.63 bits per heavy atom. The van der Waals surface area contributed by atoms with Gasteiger partial charge in [-0.15, -0.1) is 0 Å². The number of rotatable bonds is 12. The molecule has 0 bridgehead atoms. The van der Waals surface area contributed by atoms with E-state index in [1.54, 1.807) is 0 Å². The second-order valence-electron chi connectivity index (χ2n) is 7.97. The van der Waals surface area contributed by atoms with Crippen molar-refractivity contribution in [3.05, 3.63) is 47.5 Å². The van der Waals surface area contributed by atoms with Crippen molar-refractivity contribution in [2.45, 2.75) is 89.6 Å². The molecule has 1 aliphatic carbocycles. The number of carboxylic acids is 1. The van der Waals surface area contributed by atoms with Crippen molar-refractivity contribution < 1.29 is 15.0 Å². The van der Waals surface area contributed by atoms with Crippen LogP contribution in [0.4, 0.5) is 0 Å². The van der Waals surface area contributed by atoms with Gasteiger partial charge in [-0.05, 0) is 61.5 Å². The molecule has 3 nitrogen and oxygen atoms in total. The van der Waals surface area contributed by atoms with Gasteiger partial charge in [0.2, 0.25) is 0 Å². The first kappa shape index (κ1) is 21.7. The zero-order valence-corrected chi connectivity index (χ0v) is 16.8. The van der Waals surface area contributed by atoms with Crippen LogP contribution in [0.5, 0.6) is 0 Å². The molecular weight excluding hydrogens is 336 g/mol. The number of benzene rings is 1. The van der Waals surface area contributed by atoms with Crippen molar-refractivity contribution in [2.24, 2.45) is 5.92 Å². The molecule has 2 N–H and O–H groups in total. The molecule has 1 aromatic rings. The first-order valence-electron chi connectivity index (χ1n) is 10.8. The fourth-order valence-corrected chi connectivity index (χ4v) is 4.24. The molecule has 0 saturated heterocycles. The highest BCUT2D eigenvalue weighted by atomic mass is 16.4. The average Bonchev–Trinajstić information content (AvgIpc) is 3.13. The van der Waals surface area contributed by atoms with Crippen LogP contribution in [0.25, 0.3) is 0 Å². The van der Waals surface area contributed by atoms with E-state index in [4.69, 9.17) is 5.11 Å². The topological polar surface area (TPSA) is 57.5 Å². The van der Waals surface area contributed by atoms with Crippen LogP contribution in [-0.2, 0) is 4.79 Å². The van der Waals surface area contributed by atoms with Crippen LogP contribution < -0.4 is 0 Å². The van der Waals surface area contributed by atoms with Crippen molar-refractivity contribution in [3.63, 3.8) is 0 Å². The molecule has 3 unspecified atom stereocenters. The van der Waals surface area contributed by atoms with E-state index >= 15 is 0 Å². The molecule has 0 spiro atoms. The third kappa shape index (κ3) is 7.50. The predicted molar refractivity (Wildman–Crippen MR) is 111 cm³/mol. The predicted octanol–water partition coefficient (Wildman–Crippen LogP) is 6.39. The van der Waals surface area contributed by atoms with Gasteiger partial charge in [-0.2, -0.15) is 0 Å². The van der Waals surface area contributed by atoms with Gasteiger partial charge in [0.1, 0.15) is 0 Å². The Balaban J connectivity index is 1.83. The Labute approximate surface area is 164 Å². The zero-order valence-electron chi connectivity index (χ0n) is 16.8. The minimum absolute atomic E-state index is 0.257. The maximum atomic E-state index is 10.5. The Kier molecular flexibility index (Phi) is 9.61. The second-order valence-corrected chi connectivity index (χ2v) is 7.97. The molecule has 1 saturated carbocycles. The van der Waals surface area contributed by atoms with Gasteiger partial charge in [0.05, 0.1) is 6.10 Å². The molecular formula is C24H36O3. The van der Waals surface area contributed by atoms with Gasteiger partial charge in [0.25, 0.3) is 0 Å². The van der Waals surface area contributed by atoms with Crippen LogP contribution in [0.15, 0.2) is 36.4 Å². The zero-order chi connectivity index (χ0) is 19.5. The Morgan fingerprint density at radius 2 is 1.93 bits per heavy atom. The van der Waals surface area contributed by atoms with Gasteiger partial charge in [-0.1, -0.05) is 69.0 Å². The standard InChI is InChI=1S/C24H36O3/c1-2-3-6-13-23(25)21-17-15-20(16-18-21)22-12-9-11-19(22)10-7-4-5-8-14-24(26)27/h4,7,15-19,22-23,25H,2-3,5-6,8-14H2,1H3,(H,26,27)/b7-4-. The number of aliphatic carboxylic acids is 1. The van der Waals surface area contributed by atoms with Crippen LogP contribution >= 0.6 is 0 Å². The van der Waals surface area contributed by atoms with Crippen LogP contribution in [-0.4, -0.2) is 16.2 Å². The van der Waals surface area contributed by atoms with E-state index in [-0.39, 0.29) is 12.5 Å². The maximum Gasteiger partial charge on any atom is 0.303 e. The Morgan fingerprint density at radius 1 is 1.15 bits per heavy atom. The summed E-state index contributed by atoms with van der Waals surface area (Å²) >= 11 is 0. The summed E-state index contributed by atoms with van der Waals surface area (Å²) in [6.07, 6.45) is 15.1.